The van der Waals surface area contributed by atoms with Crippen molar-refractivity contribution < 1.29 is 22.7 Å². The van der Waals surface area contributed by atoms with Gasteiger partial charge < -0.3 is 14.5 Å². The van der Waals surface area contributed by atoms with Gasteiger partial charge >= 0.3 is 6.09 Å². The minimum atomic E-state index is -2.96. The number of piperazine rings is 1. The van der Waals surface area contributed by atoms with Crippen molar-refractivity contribution >= 4 is 21.8 Å². The molecular weight excluding hydrogens is 392 g/mol. The van der Waals surface area contributed by atoms with E-state index in [1.807, 2.05) is 23.6 Å². The molecule has 0 N–H and O–H groups in total. The number of nitrogens with zero attached hydrogens (tertiary/aromatic N) is 2. The van der Waals surface area contributed by atoms with Crippen molar-refractivity contribution in [2.24, 2.45) is 11.8 Å². The molecular formula is C21H36N2O5S. The number of fused-ring (bicyclic) bond motifs is 1. The van der Waals surface area contributed by atoms with E-state index < -0.39 is 9.84 Å². The van der Waals surface area contributed by atoms with Crippen LogP contribution in [0.4, 0.5) is 4.79 Å². The minimum Gasteiger partial charge on any atom is -0.450 e. The van der Waals surface area contributed by atoms with Crippen molar-refractivity contribution in [2.45, 2.75) is 89.1 Å². The SMILES string of the molecule is CCOC(=O)N1C[C@H](C)N(C(C)=O)C2CCC(C3CCC(S(C)(=O)=O)CC3)CC21. The Bertz CT molecular complexity index is 717. The summed E-state index contributed by atoms with van der Waals surface area (Å²) < 4.78 is 29.1. The predicted molar refractivity (Wildman–Crippen MR) is 111 cm³/mol. The second kappa shape index (κ2) is 8.82. The van der Waals surface area contributed by atoms with Gasteiger partial charge in [-0.05, 0) is 70.6 Å². The summed E-state index contributed by atoms with van der Waals surface area (Å²) in [5.74, 6) is 1.04. The Labute approximate surface area is 175 Å². The van der Waals surface area contributed by atoms with E-state index in [0.717, 1.165) is 44.9 Å². The highest BCUT2D eigenvalue weighted by molar-refractivity contribution is 7.91. The van der Waals surface area contributed by atoms with Gasteiger partial charge in [-0.1, -0.05) is 0 Å². The van der Waals surface area contributed by atoms with Crippen molar-refractivity contribution in [3.05, 3.63) is 0 Å². The summed E-state index contributed by atoms with van der Waals surface area (Å²) in [5, 5.41) is -0.199. The largest absolute Gasteiger partial charge is 0.450 e. The summed E-state index contributed by atoms with van der Waals surface area (Å²) in [6.07, 6.45) is 7.22. The summed E-state index contributed by atoms with van der Waals surface area (Å²) in [4.78, 5) is 28.8. The molecule has 2 aliphatic carbocycles. The molecule has 0 spiro atoms. The fraction of sp³-hybridized carbons (Fsp3) is 0.905. The third-order valence-corrected chi connectivity index (χ3v) is 9.05. The average Bonchev–Trinajstić information content (AvgIpc) is 2.66. The molecule has 1 saturated heterocycles. The van der Waals surface area contributed by atoms with Crippen LogP contribution in [0.3, 0.4) is 0 Å². The molecule has 29 heavy (non-hydrogen) atoms. The van der Waals surface area contributed by atoms with Crippen LogP contribution in [-0.4, -0.2) is 73.0 Å². The Morgan fingerprint density at radius 2 is 1.62 bits per heavy atom. The van der Waals surface area contributed by atoms with E-state index in [2.05, 4.69) is 0 Å². The first-order chi connectivity index (χ1) is 13.6. The molecule has 4 atom stereocenters. The van der Waals surface area contributed by atoms with Crippen LogP contribution in [0.5, 0.6) is 0 Å². The Morgan fingerprint density at radius 1 is 1.00 bits per heavy atom. The normalized spacial score (nSPS) is 35.7. The van der Waals surface area contributed by atoms with Gasteiger partial charge in [-0.2, -0.15) is 0 Å². The van der Waals surface area contributed by atoms with Gasteiger partial charge in [0.15, 0.2) is 0 Å². The van der Waals surface area contributed by atoms with E-state index in [4.69, 9.17) is 4.74 Å². The number of carbonyl (C=O) groups is 2. The van der Waals surface area contributed by atoms with Crippen molar-refractivity contribution in [2.75, 3.05) is 19.4 Å². The molecule has 7 nitrogen and oxygen atoms in total. The molecule has 0 aromatic carbocycles. The van der Waals surface area contributed by atoms with E-state index in [9.17, 15) is 18.0 Å². The zero-order valence-electron chi connectivity index (χ0n) is 18.2. The zero-order valence-corrected chi connectivity index (χ0v) is 19.0. The monoisotopic (exact) mass is 428 g/mol. The highest BCUT2D eigenvalue weighted by Gasteiger charge is 2.48. The number of hydrogen-bond donors (Lipinski definition) is 0. The van der Waals surface area contributed by atoms with Crippen molar-refractivity contribution in [3.63, 3.8) is 0 Å². The maximum atomic E-state index is 12.6. The smallest absolute Gasteiger partial charge is 0.410 e. The average molecular weight is 429 g/mol. The molecule has 0 bridgehead atoms. The fourth-order valence-electron chi connectivity index (χ4n) is 6.03. The van der Waals surface area contributed by atoms with Crippen molar-refractivity contribution in [1.82, 2.24) is 9.80 Å². The quantitative estimate of drug-likeness (QED) is 0.690. The Balaban J connectivity index is 1.73. The predicted octanol–water partition coefficient (Wildman–Crippen LogP) is 2.84. The van der Waals surface area contributed by atoms with Gasteiger partial charge in [0, 0.05) is 25.8 Å². The Hall–Kier alpha value is -1.31. The van der Waals surface area contributed by atoms with Gasteiger partial charge in [-0.3, -0.25) is 4.79 Å². The lowest BCUT2D eigenvalue weighted by Crippen LogP contribution is -2.67. The minimum absolute atomic E-state index is 0.0134. The lowest BCUT2D eigenvalue weighted by atomic mass is 9.69. The molecule has 166 valence electrons. The number of sulfone groups is 1. The highest BCUT2D eigenvalue weighted by Crippen LogP contribution is 2.43. The van der Waals surface area contributed by atoms with Gasteiger partial charge in [0.1, 0.15) is 9.84 Å². The molecule has 3 rings (SSSR count). The van der Waals surface area contributed by atoms with E-state index >= 15 is 0 Å². The van der Waals surface area contributed by atoms with Crippen LogP contribution in [0.25, 0.3) is 0 Å². The molecule has 3 unspecified atom stereocenters. The van der Waals surface area contributed by atoms with Crippen LogP contribution in [0.15, 0.2) is 0 Å². The van der Waals surface area contributed by atoms with Gasteiger partial charge in [0.25, 0.3) is 0 Å². The number of carbonyl (C=O) groups excluding carboxylic acids is 2. The third-order valence-electron chi connectivity index (χ3n) is 7.37. The molecule has 0 aromatic rings. The third kappa shape index (κ3) is 4.72. The number of hydrogen-bond acceptors (Lipinski definition) is 5. The number of rotatable bonds is 3. The van der Waals surface area contributed by atoms with Gasteiger partial charge in [-0.15, -0.1) is 0 Å². The number of amides is 2. The fourth-order valence-corrected chi connectivity index (χ4v) is 7.16. The van der Waals surface area contributed by atoms with Gasteiger partial charge in [0.2, 0.25) is 5.91 Å². The van der Waals surface area contributed by atoms with Crippen molar-refractivity contribution in [3.8, 4) is 0 Å². The van der Waals surface area contributed by atoms with E-state index in [-0.39, 0.29) is 35.4 Å². The molecule has 3 fully saturated rings. The summed E-state index contributed by atoms with van der Waals surface area (Å²) in [5.41, 5.74) is 0. The lowest BCUT2D eigenvalue weighted by molar-refractivity contribution is -0.142. The first-order valence-corrected chi connectivity index (χ1v) is 13.0. The molecule has 1 heterocycles. The maximum absolute atomic E-state index is 12.6. The second-order valence-corrected chi connectivity index (χ2v) is 11.5. The molecule has 2 saturated carbocycles. The van der Waals surface area contributed by atoms with E-state index in [1.165, 1.54) is 6.26 Å². The van der Waals surface area contributed by atoms with Crippen LogP contribution in [0.2, 0.25) is 0 Å². The van der Waals surface area contributed by atoms with Crippen LogP contribution in [0.1, 0.15) is 65.7 Å². The van der Waals surface area contributed by atoms with Crippen LogP contribution in [0, 0.1) is 11.8 Å². The van der Waals surface area contributed by atoms with Gasteiger partial charge in [-0.25, -0.2) is 13.2 Å². The molecule has 8 heteroatoms. The van der Waals surface area contributed by atoms with Crippen molar-refractivity contribution in [1.29, 1.82) is 0 Å². The molecule has 0 radical (unpaired) electrons. The first kappa shape index (κ1) is 22.4. The van der Waals surface area contributed by atoms with Crippen LogP contribution < -0.4 is 0 Å². The standard InChI is InChI=1S/C21H36N2O5S/c1-5-28-21(25)22-13-14(2)23(15(3)24)19-11-8-17(12-20(19)22)16-6-9-18(10-7-16)29(4,26)27/h14,16-20H,5-13H2,1-4H3/t14-,16?,17?,18?,19?,20?/m0/s1. The van der Waals surface area contributed by atoms with Gasteiger partial charge in [0.05, 0.1) is 23.9 Å². The van der Waals surface area contributed by atoms with E-state index in [1.54, 1.807) is 6.92 Å². The topological polar surface area (TPSA) is 84.0 Å². The lowest BCUT2D eigenvalue weighted by Gasteiger charge is -2.54. The molecule has 1 aliphatic heterocycles. The molecule has 0 aromatic heterocycles. The first-order valence-electron chi connectivity index (χ1n) is 11.0. The second-order valence-electron chi connectivity index (χ2n) is 9.20. The summed E-state index contributed by atoms with van der Waals surface area (Å²) in [6, 6.07) is 0.0182. The Morgan fingerprint density at radius 3 is 2.17 bits per heavy atom. The number of ether oxygens (including phenoxy) is 1. The Kier molecular flexibility index (Phi) is 6.81. The zero-order chi connectivity index (χ0) is 21.3. The summed E-state index contributed by atoms with van der Waals surface area (Å²) in [7, 11) is -2.96. The molecule has 3 aliphatic rings. The summed E-state index contributed by atoms with van der Waals surface area (Å²) in [6.45, 7) is 6.28. The van der Waals surface area contributed by atoms with E-state index in [0.29, 0.717) is 25.0 Å². The van der Waals surface area contributed by atoms with Crippen LogP contribution in [-0.2, 0) is 19.4 Å². The highest BCUT2D eigenvalue weighted by atomic mass is 32.2. The van der Waals surface area contributed by atoms with Crippen LogP contribution >= 0.6 is 0 Å². The maximum Gasteiger partial charge on any atom is 0.410 e. The molecule has 2 amide bonds. The summed E-state index contributed by atoms with van der Waals surface area (Å²) >= 11 is 0.